The van der Waals surface area contributed by atoms with E-state index in [-0.39, 0.29) is 28.4 Å². The van der Waals surface area contributed by atoms with Crippen molar-refractivity contribution in [2.75, 3.05) is 19.3 Å². The first kappa shape index (κ1) is 24.0. The fraction of sp³-hybridized carbons (Fsp3) is 0.500. The Hall–Kier alpha value is -2.61. The minimum absolute atomic E-state index is 0.0328. The summed E-state index contributed by atoms with van der Waals surface area (Å²) >= 11 is 0. The largest absolute Gasteiger partial charge is 0.490 e. The van der Waals surface area contributed by atoms with Crippen molar-refractivity contribution in [3.63, 3.8) is 0 Å². The maximum Gasteiger partial charge on any atom is 0.258 e. The van der Waals surface area contributed by atoms with Crippen molar-refractivity contribution in [2.24, 2.45) is 5.92 Å². The average molecular weight is 461 g/mol. The number of nitrogens with zero attached hydrogens (tertiary/aromatic N) is 2. The third kappa shape index (κ3) is 5.79. The first-order valence-electron chi connectivity index (χ1n) is 11.2. The molecule has 2 heterocycles. The Bertz CT molecular complexity index is 1080. The molecule has 0 aliphatic carbocycles. The van der Waals surface area contributed by atoms with Gasteiger partial charge in [-0.15, -0.1) is 0 Å². The van der Waals surface area contributed by atoms with E-state index in [9.17, 15) is 18.0 Å². The highest BCUT2D eigenvalue weighted by Crippen LogP contribution is 2.22. The van der Waals surface area contributed by atoms with Crippen LogP contribution in [0.5, 0.6) is 5.75 Å². The van der Waals surface area contributed by atoms with Gasteiger partial charge in [0.1, 0.15) is 11.9 Å². The lowest BCUT2D eigenvalue weighted by Crippen LogP contribution is -2.44. The molecule has 1 atom stereocenters. The van der Waals surface area contributed by atoms with Crippen LogP contribution < -0.4 is 10.3 Å². The van der Waals surface area contributed by atoms with Crippen LogP contribution in [0.15, 0.2) is 52.3 Å². The zero-order valence-electron chi connectivity index (χ0n) is 19.0. The molecule has 1 aliphatic rings. The summed E-state index contributed by atoms with van der Waals surface area (Å²) in [7, 11) is -3.29. The molecule has 174 valence electrons. The van der Waals surface area contributed by atoms with E-state index in [1.165, 1.54) is 22.8 Å². The topological polar surface area (TPSA) is 85.7 Å². The molecule has 1 aromatic heterocycles. The Morgan fingerprint density at radius 3 is 2.31 bits per heavy atom. The number of hydrogen-bond donors (Lipinski definition) is 0. The van der Waals surface area contributed by atoms with E-state index < -0.39 is 9.84 Å². The molecule has 1 unspecified atom stereocenters. The van der Waals surface area contributed by atoms with Crippen LogP contribution in [-0.4, -0.2) is 49.2 Å². The first-order valence-corrected chi connectivity index (χ1v) is 13.1. The molecule has 1 fully saturated rings. The summed E-state index contributed by atoms with van der Waals surface area (Å²) in [5, 5.41) is 0. The SMILES string of the molecule is CCCC(CC)C(=O)N1CCC(Oc2ccn(-c3ccc(S(C)(=O)=O)cc3)c(=O)c2)CC1. The smallest absolute Gasteiger partial charge is 0.258 e. The number of carbonyl (C=O) groups is 1. The number of hydrogen-bond acceptors (Lipinski definition) is 5. The molecular formula is C24H32N2O5S. The molecule has 7 nitrogen and oxygen atoms in total. The quantitative estimate of drug-likeness (QED) is 0.602. The Morgan fingerprint density at radius 1 is 1.12 bits per heavy atom. The van der Waals surface area contributed by atoms with Crippen molar-refractivity contribution in [3.8, 4) is 11.4 Å². The molecule has 8 heteroatoms. The Kier molecular flexibility index (Phi) is 7.77. The number of amides is 1. The average Bonchev–Trinajstić information content (AvgIpc) is 2.77. The number of rotatable bonds is 8. The van der Waals surface area contributed by atoms with Gasteiger partial charge < -0.3 is 9.64 Å². The Balaban J connectivity index is 1.61. The monoisotopic (exact) mass is 460 g/mol. The predicted octanol–water partition coefficient (Wildman–Crippen LogP) is 3.44. The Morgan fingerprint density at radius 2 is 1.78 bits per heavy atom. The van der Waals surface area contributed by atoms with Gasteiger partial charge in [0.15, 0.2) is 9.84 Å². The molecular weight excluding hydrogens is 428 g/mol. The van der Waals surface area contributed by atoms with Gasteiger partial charge >= 0.3 is 0 Å². The van der Waals surface area contributed by atoms with E-state index in [0.717, 1.165) is 38.4 Å². The molecule has 1 amide bonds. The number of likely N-dealkylation sites (tertiary alicyclic amines) is 1. The van der Waals surface area contributed by atoms with Gasteiger partial charge in [-0.05, 0) is 43.2 Å². The summed E-state index contributed by atoms with van der Waals surface area (Å²) in [5.41, 5.74) is 0.325. The molecule has 2 aromatic rings. The fourth-order valence-corrected chi connectivity index (χ4v) is 4.73. The van der Waals surface area contributed by atoms with Crippen molar-refractivity contribution < 1.29 is 17.9 Å². The van der Waals surface area contributed by atoms with Gasteiger partial charge in [-0.3, -0.25) is 14.2 Å². The molecule has 0 spiro atoms. The summed E-state index contributed by atoms with van der Waals surface area (Å²) in [5.74, 6) is 0.857. The van der Waals surface area contributed by atoms with E-state index in [2.05, 4.69) is 13.8 Å². The van der Waals surface area contributed by atoms with Crippen LogP contribution in [0.3, 0.4) is 0 Å². The standard InChI is InChI=1S/C24H32N2O5S/c1-4-6-18(5-2)24(28)25-14-11-20(12-15-25)31-21-13-16-26(23(27)17-21)19-7-9-22(10-8-19)32(3,29)30/h7-10,13,16-18,20H,4-6,11-12,14-15H2,1-3H3. The molecule has 32 heavy (non-hydrogen) atoms. The maximum atomic E-state index is 12.7. The van der Waals surface area contributed by atoms with E-state index in [1.807, 2.05) is 4.90 Å². The lowest BCUT2D eigenvalue weighted by molar-refractivity contribution is -0.137. The second-order valence-electron chi connectivity index (χ2n) is 8.37. The number of ether oxygens (including phenoxy) is 1. The summed E-state index contributed by atoms with van der Waals surface area (Å²) in [6.07, 6.45) is 7.03. The Labute approximate surface area is 189 Å². The lowest BCUT2D eigenvalue weighted by Gasteiger charge is -2.34. The number of sulfone groups is 1. The second-order valence-corrected chi connectivity index (χ2v) is 10.4. The third-order valence-electron chi connectivity index (χ3n) is 5.97. The molecule has 0 radical (unpaired) electrons. The van der Waals surface area contributed by atoms with Crippen LogP contribution in [0.4, 0.5) is 0 Å². The van der Waals surface area contributed by atoms with Crippen molar-refractivity contribution in [3.05, 3.63) is 52.9 Å². The zero-order valence-corrected chi connectivity index (χ0v) is 19.8. The summed E-state index contributed by atoms with van der Waals surface area (Å²) in [4.78, 5) is 27.4. The summed E-state index contributed by atoms with van der Waals surface area (Å²) in [6.45, 7) is 5.52. The number of carbonyl (C=O) groups excluding carboxylic acids is 1. The van der Waals surface area contributed by atoms with Crippen LogP contribution in [0.25, 0.3) is 5.69 Å². The maximum absolute atomic E-state index is 12.7. The van der Waals surface area contributed by atoms with E-state index in [0.29, 0.717) is 24.5 Å². The minimum Gasteiger partial charge on any atom is -0.490 e. The lowest BCUT2D eigenvalue weighted by atomic mass is 9.97. The molecule has 3 rings (SSSR count). The third-order valence-corrected chi connectivity index (χ3v) is 7.10. The van der Waals surface area contributed by atoms with Crippen LogP contribution in [0.1, 0.15) is 46.0 Å². The number of benzene rings is 1. The first-order chi connectivity index (χ1) is 15.2. The van der Waals surface area contributed by atoms with E-state index in [1.54, 1.807) is 24.4 Å². The molecule has 0 saturated carbocycles. The van der Waals surface area contributed by atoms with Gasteiger partial charge in [-0.25, -0.2) is 8.42 Å². The van der Waals surface area contributed by atoms with Crippen LogP contribution in [0, 0.1) is 5.92 Å². The second kappa shape index (κ2) is 10.3. The minimum atomic E-state index is -3.29. The van der Waals surface area contributed by atoms with Crippen LogP contribution >= 0.6 is 0 Å². The fourth-order valence-electron chi connectivity index (χ4n) is 4.10. The summed E-state index contributed by atoms with van der Waals surface area (Å²) in [6, 6.07) is 9.36. The van der Waals surface area contributed by atoms with Gasteiger partial charge in [-0.2, -0.15) is 0 Å². The van der Waals surface area contributed by atoms with Crippen molar-refractivity contribution in [1.29, 1.82) is 0 Å². The van der Waals surface area contributed by atoms with Crippen LogP contribution in [0.2, 0.25) is 0 Å². The van der Waals surface area contributed by atoms with E-state index >= 15 is 0 Å². The number of aromatic nitrogens is 1. The van der Waals surface area contributed by atoms with Gasteiger partial charge in [0.25, 0.3) is 5.56 Å². The van der Waals surface area contributed by atoms with Gasteiger partial charge in [0.2, 0.25) is 5.91 Å². The van der Waals surface area contributed by atoms with Gasteiger partial charge in [0.05, 0.1) is 4.90 Å². The number of pyridine rings is 1. The zero-order chi connectivity index (χ0) is 23.3. The van der Waals surface area contributed by atoms with Crippen molar-refractivity contribution in [2.45, 2.75) is 57.0 Å². The van der Waals surface area contributed by atoms with Gasteiger partial charge in [-0.1, -0.05) is 20.3 Å². The van der Waals surface area contributed by atoms with Crippen molar-refractivity contribution in [1.82, 2.24) is 9.47 Å². The van der Waals surface area contributed by atoms with Gasteiger partial charge in [0, 0.05) is 56.1 Å². The highest BCUT2D eigenvalue weighted by atomic mass is 32.2. The summed E-state index contributed by atoms with van der Waals surface area (Å²) < 4.78 is 30.7. The molecule has 0 bridgehead atoms. The van der Waals surface area contributed by atoms with Crippen molar-refractivity contribution >= 4 is 15.7 Å². The predicted molar refractivity (Wildman–Crippen MR) is 124 cm³/mol. The molecule has 0 N–H and O–H groups in total. The highest BCUT2D eigenvalue weighted by molar-refractivity contribution is 7.90. The van der Waals surface area contributed by atoms with E-state index in [4.69, 9.17) is 4.74 Å². The molecule has 1 aromatic carbocycles. The molecule has 1 saturated heterocycles. The normalized spacial score (nSPS) is 16.0. The molecule has 1 aliphatic heterocycles. The van der Waals surface area contributed by atoms with Crippen LogP contribution in [-0.2, 0) is 14.6 Å². The number of piperidine rings is 1. The highest BCUT2D eigenvalue weighted by Gasteiger charge is 2.27.